The maximum absolute atomic E-state index is 10.8. The molecular formula is C9H12O6. The molecule has 0 spiro atoms. The summed E-state index contributed by atoms with van der Waals surface area (Å²) < 4.78 is 9.07. The molecule has 0 amide bonds. The van der Waals surface area contributed by atoms with E-state index in [1.165, 1.54) is 6.92 Å². The van der Waals surface area contributed by atoms with Crippen LogP contribution in [0.15, 0.2) is 12.7 Å². The van der Waals surface area contributed by atoms with Crippen molar-refractivity contribution in [2.75, 3.05) is 0 Å². The fourth-order valence-corrected chi connectivity index (χ4v) is 0.658. The van der Waals surface area contributed by atoms with E-state index >= 15 is 0 Å². The summed E-state index contributed by atoms with van der Waals surface area (Å²) in [5.41, 5.74) is 0. The second-order valence-corrected chi connectivity index (χ2v) is 2.51. The zero-order valence-corrected chi connectivity index (χ0v) is 8.26. The van der Waals surface area contributed by atoms with Crippen LogP contribution in [0.25, 0.3) is 0 Å². The van der Waals surface area contributed by atoms with Crippen molar-refractivity contribution >= 4 is 17.9 Å². The minimum atomic E-state index is -1.40. The predicted molar refractivity (Wildman–Crippen MR) is 48.7 cm³/mol. The van der Waals surface area contributed by atoms with Gasteiger partial charge in [-0.25, -0.2) is 4.79 Å². The first-order valence-electron chi connectivity index (χ1n) is 4.24. The van der Waals surface area contributed by atoms with Gasteiger partial charge in [-0.1, -0.05) is 13.5 Å². The van der Waals surface area contributed by atoms with E-state index in [0.29, 0.717) is 0 Å². The molecule has 0 aliphatic heterocycles. The highest BCUT2D eigenvalue weighted by Gasteiger charge is 2.20. The average Bonchev–Trinajstić information content (AvgIpc) is 2.16. The van der Waals surface area contributed by atoms with Crippen LogP contribution < -0.4 is 0 Å². The van der Waals surface area contributed by atoms with Crippen molar-refractivity contribution in [3.63, 3.8) is 0 Å². The summed E-state index contributed by atoms with van der Waals surface area (Å²) in [5, 5.41) is 8.45. The quantitative estimate of drug-likeness (QED) is 0.394. The summed E-state index contributed by atoms with van der Waals surface area (Å²) in [6, 6.07) is 0. The molecular weight excluding hydrogens is 204 g/mol. The molecule has 0 rings (SSSR count). The first-order chi connectivity index (χ1) is 6.99. The monoisotopic (exact) mass is 216 g/mol. The van der Waals surface area contributed by atoms with Crippen LogP contribution in [0.4, 0.5) is 0 Å². The van der Waals surface area contributed by atoms with Crippen LogP contribution in [0.1, 0.15) is 19.8 Å². The van der Waals surface area contributed by atoms with Crippen molar-refractivity contribution in [2.24, 2.45) is 0 Å². The van der Waals surface area contributed by atoms with Crippen molar-refractivity contribution in [3.8, 4) is 0 Å². The van der Waals surface area contributed by atoms with Crippen LogP contribution in [0.5, 0.6) is 0 Å². The minimum Gasteiger partial charge on any atom is -0.481 e. The lowest BCUT2D eigenvalue weighted by atomic mass is 10.4. The lowest BCUT2D eigenvalue weighted by Crippen LogP contribution is -2.26. The van der Waals surface area contributed by atoms with Gasteiger partial charge in [0.1, 0.15) is 6.42 Å². The van der Waals surface area contributed by atoms with Crippen LogP contribution in [0, 0.1) is 0 Å². The van der Waals surface area contributed by atoms with Gasteiger partial charge >= 0.3 is 17.9 Å². The number of ether oxygens (including phenoxy) is 2. The van der Waals surface area contributed by atoms with Crippen molar-refractivity contribution < 1.29 is 29.0 Å². The predicted octanol–water partition coefficient (Wildman–Crippen LogP) is 0.470. The van der Waals surface area contributed by atoms with Crippen LogP contribution in [-0.4, -0.2) is 29.3 Å². The Hall–Kier alpha value is -1.85. The molecule has 1 unspecified atom stereocenters. The van der Waals surface area contributed by atoms with E-state index < -0.39 is 30.6 Å². The fraction of sp³-hybridized carbons (Fsp3) is 0.444. The Morgan fingerprint density at radius 2 is 2.00 bits per heavy atom. The van der Waals surface area contributed by atoms with Gasteiger partial charge in [-0.15, -0.1) is 0 Å². The van der Waals surface area contributed by atoms with E-state index in [4.69, 9.17) is 5.11 Å². The van der Waals surface area contributed by atoms with Gasteiger partial charge in [0.25, 0.3) is 6.29 Å². The summed E-state index contributed by atoms with van der Waals surface area (Å²) in [6.07, 6.45) is -1.07. The van der Waals surface area contributed by atoms with Gasteiger partial charge < -0.3 is 14.6 Å². The summed E-state index contributed by atoms with van der Waals surface area (Å²) >= 11 is 0. The molecule has 1 N–H and O–H groups in total. The zero-order chi connectivity index (χ0) is 11.8. The Morgan fingerprint density at radius 1 is 1.40 bits per heavy atom. The second kappa shape index (κ2) is 6.58. The van der Waals surface area contributed by atoms with Crippen LogP contribution in [0.3, 0.4) is 0 Å². The third-order valence-electron chi connectivity index (χ3n) is 1.31. The van der Waals surface area contributed by atoms with Crippen molar-refractivity contribution in [2.45, 2.75) is 26.1 Å². The largest absolute Gasteiger partial charge is 0.481 e. The summed E-state index contributed by atoms with van der Waals surface area (Å²) in [5.74, 6) is -2.72. The molecule has 1 atom stereocenters. The highest BCUT2D eigenvalue weighted by Crippen LogP contribution is 2.04. The third-order valence-corrected chi connectivity index (χ3v) is 1.31. The van der Waals surface area contributed by atoms with Gasteiger partial charge in [-0.2, -0.15) is 0 Å². The molecule has 0 aliphatic carbocycles. The number of carboxylic acids is 1. The van der Waals surface area contributed by atoms with E-state index in [1.807, 2.05) is 0 Å². The SMILES string of the molecule is C=CC(=O)OC(CC(=O)O)OC(=O)CC. The Bertz CT molecular complexity index is 270. The molecule has 6 heteroatoms. The summed E-state index contributed by atoms with van der Waals surface area (Å²) in [4.78, 5) is 31.9. The lowest BCUT2D eigenvalue weighted by molar-refractivity contribution is -0.187. The highest BCUT2D eigenvalue weighted by atomic mass is 16.7. The number of carbonyl (C=O) groups is 3. The number of esters is 2. The van der Waals surface area contributed by atoms with Crippen LogP contribution in [0.2, 0.25) is 0 Å². The molecule has 0 bridgehead atoms. The topological polar surface area (TPSA) is 89.9 Å². The second-order valence-electron chi connectivity index (χ2n) is 2.51. The van der Waals surface area contributed by atoms with Gasteiger partial charge in [-0.3, -0.25) is 9.59 Å². The summed E-state index contributed by atoms with van der Waals surface area (Å²) in [7, 11) is 0. The molecule has 0 fully saturated rings. The van der Waals surface area contributed by atoms with E-state index in [0.717, 1.165) is 6.08 Å². The molecule has 0 saturated heterocycles. The smallest absolute Gasteiger partial charge is 0.333 e. The minimum absolute atomic E-state index is 0.0712. The third kappa shape index (κ3) is 6.25. The molecule has 0 saturated carbocycles. The first-order valence-corrected chi connectivity index (χ1v) is 4.24. The van der Waals surface area contributed by atoms with Gasteiger partial charge in [0.15, 0.2) is 0 Å². The van der Waals surface area contributed by atoms with Crippen molar-refractivity contribution in [1.29, 1.82) is 0 Å². The summed E-state index contributed by atoms with van der Waals surface area (Å²) in [6.45, 7) is 4.67. The number of aliphatic carboxylic acids is 1. The van der Waals surface area contributed by atoms with E-state index in [9.17, 15) is 14.4 Å². The number of hydrogen-bond acceptors (Lipinski definition) is 5. The standard InChI is InChI=1S/C9H12O6/c1-3-7(12)14-9(5-6(10)11)15-8(13)4-2/h3,9H,1,4-5H2,2H3,(H,10,11). The van der Waals surface area contributed by atoms with Crippen LogP contribution in [-0.2, 0) is 23.9 Å². The number of rotatable bonds is 6. The molecule has 6 nitrogen and oxygen atoms in total. The number of hydrogen-bond donors (Lipinski definition) is 1. The van der Waals surface area contributed by atoms with E-state index in [1.54, 1.807) is 0 Å². The zero-order valence-electron chi connectivity index (χ0n) is 8.26. The van der Waals surface area contributed by atoms with E-state index in [2.05, 4.69) is 16.1 Å². The first kappa shape index (κ1) is 13.2. The molecule has 0 heterocycles. The lowest BCUT2D eigenvalue weighted by Gasteiger charge is -2.14. The van der Waals surface area contributed by atoms with Gasteiger partial charge in [0.05, 0.1) is 0 Å². The molecule has 84 valence electrons. The van der Waals surface area contributed by atoms with Crippen molar-refractivity contribution in [3.05, 3.63) is 12.7 Å². The molecule has 0 aromatic rings. The average molecular weight is 216 g/mol. The van der Waals surface area contributed by atoms with Crippen molar-refractivity contribution in [1.82, 2.24) is 0 Å². The van der Waals surface area contributed by atoms with Gasteiger partial charge in [0, 0.05) is 12.5 Å². The Balaban J connectivity index is 4.29. The Labute approximate surface area is 86.5 Å². The Kier molecular flexibility index (Phi) is 5.77. The number of carbonyl (C=O) groups excluding carboxylic acids is 2. The molecule has 0 radical (unpaired) electrons. The van der Waals surface area contributed by atoms with Crippen LogP contribution >= 0.6 is 0 Å². The highest BCUT2D eigenvalue weighted by molar-refractivity contribution is 5.81. The maximum Gasteiger partial charge on any atom is 0.333 e. The fourth-order valence-electron chi connectivity index (χ4n) is 0.658. The molecule has 15 heavy (non-hydrogen) atoms. The normalized spacial score (nSPS) is 11.3. The van der Waals surface area contributed by atoms with E-state index in [-0.39, 0.29) is 6.42 Å². The number of carboxylic acid groups (broad SMARTS) is 1. The molecule has 0 aromatic heterocycles. The maximum atomic E-state index is 10.8. The molecule has 0 aliphatic rings. The Morgan fingerprint density at radius 3 is 2.40 bits per heavy atom. The van der Waals surface area contributed by atoms with Gasteiger partial charge in [-0.05, 0) is 0 Å². The molecule has 0 aromatic carbocycles. The van der Waals surface area contributed by atoms with Gasteiger partial charge in [0.2, 0.25) is 0 Å².